The number of hydrogen-bond donors (Lipinski definition) is 2. The van der Waals surface area contributed by atoms with Crippen LogP contribution in [0.1, 0.15) is 11.3 Å². The Balaban J connectivity index is 1.83. The number of amidine groups is 1. The van der Waals surface area contributed by atoms with E-state index in [9.17, 15) is 15.2 Å². The van der Waals surface area contributed by atoms with Crippen LogP contribution in [0.2, 0.25) is 0 Å². The zero-order chi connectivity index (χ0) is 17.4. The molecule has 1 aromatic heterocycles. The van der Waals surface area contributed by atoms with Gasteiger partial charge in [-0.15, -0.1) is 9.74 Å². The summed E-state index contributed by atoms with van der Waals surface area (Å²) < 4.78 is 4.93. The predicted octanol–water partition coefficient (Wildman–Crippen LogP) is 3.04. The molecular formula is C18H13N4O3+. The highest BCUT2D eigenvalue weighted by Crippen LogP contribution is 2.43. The number of aliphatic carboxylic acids is 1. The Labute approximate surface area is 143 Å². The molecule has 1 unspecified atom stereocenters. The molecule has 0 saturated carbocycles. The van der Waals surface area contributed by atoms with E-state index >= 15 is 0 Å². The van der Waals surface area contributed by atoms with E-state index in [-0.39, 0.29) is 5.70 Å². The van der Waals surface area contributed by atoms with Crippen molar-refractivity contribution in [1.82, 2.24) is 4.48 Å². The van der Waals surface area contributed by atoms with Crippen molar-refractivity contribution in [2.24, 2.45) is 4.99 Å². The first kappa shape index (κ1) is 14.9. The van der Waals surface area contributed by atoms with Gasteiger partial charge in [-0.25, -0.2) is 4.79 Å². The number of furan rings is 1. The zero-order valence-electron chi connectivity index (χ0n) is 13.0. The maximum atomic E-state index is 11.3. The van der Waals surface area contributed by atoms with Crippen molar-refractivity contribution in [3.63, 3.8) is 0 Å². The van der Waals surface area contributed by atoms with Gasteiger partial charge in [0.1, 0.15) is 5.76 Å². The minimum Gasteiger partial charge on any atom is -0.476 e. The monoisotopic (exact) mass is 333 g/mol. The van der Waals surface area contributed by atoms with Crippen LogP contribution in [0, 0.1) is 11.5 Å². The quantitative estimate of drug-likeness (QED) is 0.662. The van der Waals surface area contributed by atoms with Crippen LogP contribution in [0.15, 0.2) is 64.0 Å². The summed E-state index contributed by atoms with van der Waals surface area (Å²) in [6, 6.07) is 9.26. The van der Waals surface area contributed by atoms with Gasteiger partial charge in [0.2, 0.25) is 5.70 Å². The van der Waals surface area contributed by atoms with Gasteiger partial charge in [-0.3, -0.25) is 0 Å². The third-order valence-corrected chi connectivity index (χ3v) is 4.15. The molecule has 0 spiro atoms. The van der Waals surface area contributed by atoms with E-state index in [1.54, 1.807) is 18.4 Å². The number of fused-ring (bicyclic) bond motifs is 3. The lowest BCUT2D eigenvalue weighted by Crippen LogP contribution is -2.44. The van der Waals surface area contributed by atoms with Crippen LogP contribution in [0.5, 0.6) is 0 Å². The SMILES string of the molecule is N#C[N+]12C=C(C(=O)O)N=C1C=Cc1cccc(NCc3ccco3)c12. The normalized spacial score (nSPS) is 20.1. The first-order valence-corrected chi connectivity index (χ1v) is 7.57. The Hall–Kier alpha value is -3.63. The number of benzene rings is 1. The number of quaternary nitrogens is 1. The van der Waals surface area contributed by atoms with Gasteiger partial charge in [0.15, 0.2) is 11.9 Å². The maximum Gasteiger partial charge on any atom is 0.360 e. The number of carbonyl (C=O) groups is 1. The molecule has 122 valence electrons. The number of nitriles is 1. The molecule has 2 aromatic rings. The number of anilines is 1. The van der Waals surface area contributed by atoms with Crippen molar-refractivity contribution in [1.29, 1.82) is 5.26 Å². The number of rotatable bonds is 4. The van der Waals surface area contributed by atoms with E-state index in [4.69, 9.17) is 4.42 Å². The predicted molar refractivity (Wildman–Crippen MR) is 92.1 cm³/mol. The number of nitrogens with zero attached hydrogens (tertiary/aromatic N) is 3. The van der Waals surface area contributed by atoms with E-state index in [1.165, 1.54) is 6.20 Å². The molecule has 0 saturated heterocycles. The number of hydrogen-bond acceptors (Lipinski definition) is 5. The van der Waals surface area contributed by atoms with E-state index < -0.39 is 10.5 Å². The molecule has 4 rings (SSSR count). The molecule has 1 aromatic carbocycles. The fourth-order valence-electron chi connectivity index (χ4n) is 3.04. The molecule has 7 nitrogen and oxygen atoms in total. The largest absolute Gasteiger partial charge is 0.476 e. The van der Waals surface area contributed by atoms with Gasteiger partial charge in [0.05, 0.1) is 18.5 Å². The number of carboxylic acids is 1. The fourth-order valence-corrected chi connectivity index (χ4v) is 3.04. The molecule has 0 fully saturated rings. The molecule has 1 atom stereocenters. The van der Waals surface area contributed by atoms with Crippen molar-refractivity contribution in [2.45, 2.75) is 6.54 Å². The summed E-state index contributed by atoms with van der Waals surface area (Å²) >= 11 is 0. The van der Waals surface area contributed by atoms with Gasteiger partial charge in [0, 0.05) is 11.6 Å². The van der Waals surface area contributed by atoms with Gasteiger partial charge in [-0.2, -0.15) is 4.99 Å². The van der Waals surface area contributed by atoms with Gasteiger partial charge < -0.3 is 14.8 Å². The van der Waals surface area contributed by atoms with Gasteiger partial charge >= 0.3 is 12.2 Å². The average molecular weight is 333 g/mol. The molecule has 25 heavy (non-hydrogen) atoms. The van der Waals surface area contributed by atoms with Crippen molar-refractivity contribution in [3.05, 3.63) is 65.9 Å². The average Bonchev–Trinajstić information content (AvgIpc) is 3.27. The third-order valence-electron chi connectivity index (χ3n) is 4.15. The van der Waals surface area contributed by atoms with Crippen LogP contribution in [-0.2, 0) is 11.3 Å². The summed E-state index contributed by atoms with van der Waals surface area (Å²) in [6.07, 6.45) is 8.67. The lowest BCUT2D eigenvalue weighted by Gasteiger charge is -2.27. The Morgan fingerprint density at radius 3 is 2.92 bits per heavy atom. The van der Waals surface area contributed by atoms with E-state index in [0.29, 0.717) is 18.1 Å². The third kappa shape index (κ3) is 2.24. The highest BCUT2D eigenvalue weighted by Gasteiger charge is 2.47. The minimum absolute atomic E-state index is 0.144. The number of carboxylic acid groups (broad SMARTS) is 1. The standard InChI is InChI=1S/C18H12N4O3/c19-11-22-10-15(18(23)24)21-16(22)7-6-12-3-1-5-14(17(12)22)20-9-13-4-2-8-25-13/h1-8,10,20H,9H2/p+1. The first-order valence-electron chi connectivity index (χ1n) is 7.57. The second kappa shape index (κ2) is 5.47. The molecule has 3 heterocycles. The van der Waals surface area contributed by atoms with E-state index in [1.807, 2.05) is 30.3 Å². The minimum atomic E-state index is -1.16. The number of para-hydroxylation sites is 1. The van der Waals surface area contributed by atoms with Crippen LogP contribution in [0.25, 0.3) is 6.08 Å². The molecule has 2 aliphatic heterocycles. The molecule has 7 heteroatoms. The van der Waals surface area contributed by atoms with Crippen LogP contribution in [0.4, 0.5) is 11.4 Å². The van der Waals surface area contributed by atoms with Gasteiger partial charge in [-0.05, 0) is 30.3 Å². The molecule has 0 radical (unpaired) electrons. The molecule has 0 bridgehead atoms. The van der Waals surface area contributed by atoms with Crippen molar-refractivity contribution < 1.29 is 14.3 Å². The summed E-state index contributed by atoms with van der Waals surface area (Å²) in [5.41, 5.74) is 2.05. The summed E-state index contributed by atoms with van der Waals surface area (Å²) in [4.78, 5) is 15.4. The second-order valence-electron chi connectivity index (χ2n) is 5.62. The topological polar surface area (TPSA) is 98.6 Å². The summed E-state index contributed by atoms with van der Waals surface area (Å²) in [6.45, 7) is 0.445. The van der Waals surface area contributed by atoms with Crippen molar-refractivity contribution in [2.75, 3.05) is 5.32 Å². The zero-order valence-corrected chi connectivity index (χ0v) is 13.0. The molecule has 0 aliphatic carbocycles. The molecule has 2 aliphatic rings. The fraction of sp³-hybridized carbons (Fsp3) is 0.0556. The second-order valence-corrected chi connectivity index (χ2v) is 5.62. The van der Waals surface area contributed by atoms with E-state index in [0.717, 1.165) is 17.0 Å². The van der Waals surface area contributed by atoms with Gasteiger partial charge in [-0.1, -0.05) is 6.07 Å². The Kier molecular flexibility index (Phi) is 3.27. The summed E-state index contributed by atoms with van der Waals surface area (Å²) in [5.74, 6) is -0.0465. The maximum absolute atomic E-state index is 11.3. The van der Waals surface area contributed by atoms with Gasteiger partial charge in [0.25, 0.3) is 5.84 Å². The molecule has 0 amide bonds. The summed E-state index contributed by atoms with van der Waals surface area (Å²) in [5, 5.41) is 22.4. The van der Waals surface area contributed by atoms with Crippen LogP contribution in [0.3, 0.4) is 0 Å². The number of aliphatic imine (C=N–C) groups is 1. The lowest BCUT2D eigenvalue weighted by molar-refractivity contribution is -0.132. The van der Waals surface area contributed by atoms with Crippen LogP contribution < -0.4 is 9.80 Å². The smallest absolute Gasteiger partial charge is 0.360 e. The number of nitrogens with one attached hydrogen (secondary N) is 1. The Bertz CT molecular complexity index is 996. The van der Waals surface area contributed by atoms with Crippen molar-refractivity contribution in [3.8, 4) is 6.19 Å². The Morgan fingerprint density at radius 2 is 2.20 bits per heavy atom. The van der Waals surface area contributed by atoms with Crippen LogP contribution in [-0.4, -0.2) is 16.9 Å². The lowest BCUT2D eigenvalue weighted by atomic mass is 10.0. The molecular weight excluding hydrogens is 320 g/mol. The summed E-state index contributed by atoms with van der Waals surface area (Å²) in [7, 11) is 0. The Morgan fingerprint density at radius 1 is 1.32 bits per heavy atom. The first-order chi connectivity index (χ1) is 12.1. The highest BCUT2D eigenvalue weighted by molar-refractivity contribution is 6.16. The van der Waals surface area contributed by atoms with Crippen molar-refractivity contribution >= 4 is 29.3 Å². The highest BCUT2D eigenvalue weighted by atomic mass is 16.4. The van der Waals surface area contributed by atoms with E-state index in [2.05, 4.69) is 16.5 Å². The van der Waals surface area contributed by atoms with Crippen LogP contribution >= 0.6 is 0 Å². The molecule has 2 N–H and O–H groups in total.